The van der Waals surface area contributed by atoms with Gasteiger partial charge in [-0.25, -0.2) is 0 Å². The Labute approximate surface area is 116 Å². The van der Waals surface area contributed by atoms with Gasteiger partial charge in [0, 0.05) is 13.3 Å². The highest BCUT2D eigenvalue weighted by molar-refractivity contribution is 5.87. The van der Waals surface area contributed by atoms with Crippen LogP contribution in [0, 0.1) is 0 Å². The first kappa shape index (κ1) is 15.6. The number of hydrogen-bond donors (Lipinski definition) is 3. The Kier molecular flexibility index (Phi) is 5.67. The van der Waals surface area contributed by atoms with E-state index in [1.54, 1.807) is 24.3 Å². The molecule has 5 N–H and O–H groups in total. The van der Waals surface area contributed by atoms with Crippen molar-refractivity contribution < 1.29 is 19.1 Å². The zero-order valence-corrected chi connectivity index (χ0v) is 11.1. The van der Waals surface area contributed by atoms with Gasteiger partial charge in [0.15, 0.2) is 0 Å². The molecule has 0 saturated heterocycles. The first-order valence-electron chi connectivity index (χ1n) is 5.98. The normalized spacial score (nSPS) is 11.5. The molecule has 1 rings (SSSR count). The van der Waals surface area contributed by atoms with Crippen LogP contribution in [-0.2, 0) is 20.8 Å². The molecule has 108 valence electrons. The maximum absolute atomic E-state index is 11.3. The molecule has 0 fully saturated rings. The predicted octanol–water partition coefficient (Wildman–Crippen LogP) is -0.917. The van der Waals surface area contributed by atoms with Gasteiger partial charge in [-0.05, 0) is 17.7 Å². The van der Waals surface area contributed by atoms with Crippen LogP contribution in [0.25, 0.3) is 0 Å². The first-order chi connectivity index (χ1) is 9.42. The van der Waals surface area contributed by atoms with Gasteiger partial charge in [0.05, 0.1) is 6.54 Å². The van der Waals surface area contributed by atoms with Crippen molar-refractivity contribution in [3.8, 4) is 5.75 Å². The average Bonchev–Trinajstić information content (AvgIpc) is 2.39. The van der Waals surface area contributed by atoms with Gasteiger partial charge in [0.2, 0.25) is 11.8 Å². The lowest BCUT2D eigenvalue weighted by Gasteiger charge is -2.15. The molecule has 0 aliphatic rings. The van der Waals surface area contributed by atoms with Crippen LogP contribution in [0.1, 0.15) is 12.5 Å². The van der Waals surface area contributed by atoms with E-state index in [1.165, 1.54) is 6.92 Å². The molecule has 7 nitrogen and oxygen atoms in total. The van der Waals surface area contributed by atoms with E-state index < -0.39 is 23.8 Å². The molecule has 2 amide bonds. The molecular weight excluding hydrogens is 262 g/mol. The molecule has 0 aliphatic carbocycles. The Bertz CT molecular complexity index is 499. The van der Waals surface area contributed by atoms with E-state index in [1.807, 2.05) is 0 Å². The second-order valence-corrected chi connectivity index (χ2v) is 4.17. The fraction of sp³-hybridized carbons (Fsp3) is 0.308. The van der Waals surface area contributed by atoms with Gasteiger partial charge >= 0.3 is 5.97 Å². The predicted molar refractivity (Wildman–Crippen MR) is 71.6 cm³/mol. The summed E-state index contributed by atoms with van der Waals surface area (Å²) in [6, 6.07) is 5.73. The maximum Gasteiger partial charge on any atom is 0.308 e. The SMILES string of the molecule is CC(=O)Oc1ccc(C[C@H](NC(=O)CN)C(N)=O)cc1. The number of carbonyl (C=O) groups excluding carboxylic acids is 3. The summed E-state index contributed by atoms with van der Waals surface area (Å²) in [5.74, 6) is -1.10. The molecule has 0 heterocycles. The molecule has 0 radical (unpaired) electrons. The first-order valence-corrected chi connectivity index (χ1v) is 5.98. The standard InChI is InChI=1S/C13H17N3O4/c1-8(17)20-10-4-2-9(3-5-10)6-11(13(15)19)16-12(18)7-14/h2-5,11H,6-7,14H2,1H3,(H2,15,19)(H,16,18)/t11-/m0/s1. The number of ether oxygens (including phenoxy) is 1. The van der Waals surface area contributed by atoms with Crippen molar-refractivity contribution in [2.24, 2.45) is 11.5 Å². The van der Waals surface area contributed by atoms with Crippen molar-refractivity contribution in [2.75, 3.05) is 6.54 Å². The molecule has 0 saturated carbocycles. The lowest BCUT2D eigenvalue weighted by molar-refractivity contribution is -0.131. The van der Waals surface area contributed by atoms with Gasteiger partial charge in [-0.3, -0.25) is 14.4 Å². The molecule has 1 aromatic rings. The van der Waals surface area contributed by atoms with E-state index in [-0.39, 0.29) is 13.0 Å². The summed E-state index contributed by atoms with van der Waals surface area (Å²) in [7, 11) is 0. The molecule has 7 heteroatoms. The largest absolute Gasteiger partial charge is 0.427 e. The Morgan fingerprint density at radius 3 is 2.30 bits per heavy atom. The molecule has 1 aromatic carbocycles. The van der Waals surface area contributed by atoms with Crippen molar-refractivity contribution in [1.29, 1.82) is 0 Å². The highest BCUT2D eigenvalue weighted by atomic mass is 16.5. The maximum atomic E-state index is 11.3. The highest BCUT2D eigenvalue weighted by Gasteiger charge is 2.17. The number of esters is 1. The molecule has 0 bridgehead atoms. The van der Waals surface area contributed by atoms with Crippen LogP contribution in [0.15, 0.2) is 24.3 Å². The molecule has 0 unspecified atom stereocenters. The van der Waals surface area contributed by atoms with E-state index >= 15 is 0 Å². The second kappa shape index (κ2) is 7.25. The van der Waals surface area contributed by atoms with E-state index in [9.17, 15) is 14.4 Å². The number of hydrogen-bond acceptors (Lipinski definition) is 5. The molecular formula is C13H17N3O4. The van der Waals surface area contributed by atoms with E-state index in [0.29, 0.717) is 5.75 Å². The number of nitrogens with one attached hydrogen (secondary N) is 1. The van der Waals surface area contributed by atoms with Crippen LogP contribution in [0.4, 0.5) is 0 Å². The van der Waals surface area contributed by atoms with E-state index in [2.05, 4.69) is 5.32 Å². The Balaban J connectivity index is 2.71. The minimum Gasteiger partial charge on any atom is -0.427 e. The smallest absolute Gasteiger partial charge is 0.308 e. The monoisotopic (exact) mass is 279 g/mol. The number of rotatable bonds is 6. The number of amides is 2. The number of nitrogens with two attached hydrogens (primary N) is 2. The van der Waals surface area contributed by atoms with Crippen LogP contribution in [-0.4, -0.2) is 30.4 Å². The third-order valence-corrected chi connectivity index (χ3v) is 2.49. The minimum atomic E-state index is -0.828. The summed E-state index contributed by atoms with van der Waals surface area (Å²) in [4.78, 5) is 33.2. The number of primary amides is 1. The van der Waals surface area contributed by atoms with Gasteiger partial charge in [-0.1, -0.05) is 12.1 Å². The second-order valence-electron chi connectivity index (χ2n) is 4.17. The van der Waals surface area contributed by atoms with E-state index in [0.717, 1.165) is 5.56 Å². The zero-order valence-electron chi connectivity index (χ0n) is 11.1. The molecule has 0 spiro atoms. The summed E-state index contributed by atoms with van der Waals surface area (Å²) in [5, 5.41) is 2.44. The quantitative estimate of drug-likeness (QED) is 0.459. The van der Waals surface area contributed by atoms with E-state index in [4.69, 9.17) is 16.2 Å². The summed E-state index contributed by atoms with van der Waals surface area (Å²) >= 11 is 0. The van der Waals surface area contributed by atoms with Crippen molar-refractivity contribution in [1.82, 2.24) is 5.32 Å². The van der Waals surface area contributed by atoms with Gasteiger partial charge < -0.3 is 21.5 Å². The molecule has 20 heavy (non-hydrogen) atoms. The van der Waals surface area contributed by atoms with Gasteiger partial charge in [-0.2, -0.15) is 0 Å². The third-order valence-electron chi connectivity index (χ3n) is 2.49. The average molecular weight is 279 g/mol. The van der Waals surface area contributed by atoms with Crippen LogP contribution in [0.5, 0.6) is 5.75 Å². The third kappa shape index (κ3) is 5.07. The van der Waals surface area contributed by atoms with Crippen LogP contribution in [0.2, 0.25) is 0 Å². The summed E-state index contributed by atoms with van der Waals surface area (Å²) in [6.07, 6.45) is 0.238. The fourth-order valence-electron chi connectivity index (χ4n) is 1.57. The van der Waals surface area contributed by atoms with Gasteiger partial charge in [-0.15, -0.1) is 0 Å². The van der Waals surface area contributed by atoms with Crippen LogP contribution < -0.4 is 21.5 Å². The van der Waals surface area contributed by atoms with Crippen molar-refractivity contribution in [2.45, 2.75) is 19.4 Å². The van der Waals surface area contributed by atoms with Crippen molar-refractivity contribution in [3.63, 3.8) is 0 Å². The summed E-state index contributed by atoms with van der Waals surface area (Å²) < 4.78 is 4.89. The lowest BCUT2D eigenvalue weighted by atomic mass is 10.1. The zero-order chi connectivity index (χ0) is 15.1. The van der Waals surface area contributed by atoms with Gasteiger partial charge in [0.1, 0.15) is 11.8 Å². The number of carbonyl (C=O) groups is 3. The Morgan fingerprint density at radius 1 is 1.25 bits per heavy atom. The summed E-state index contributed by atoms with van der Waals surface area (Å²) in [5.41, 5.74) is 11.2. The topological polar surface area (TPSA) is 125 Å². The van der Waals surface area contributed by atoms with Gasteiger partial charge in [0.25, 0.3) is 0 Å². The Morgan fingerprint density at radius 2 is 1.85 bits per heavy atom. The minimum absolute atomic E-state index is 0.213. The van der Waals surface area contributed by atoms with Crippen molar-refractivity contribution in [3.05, 3.63) is 29.8 Å². The molecule has 0 aromatic heterocycles. The van der Waals surface area contributed by atoms with Crippen molar-refractivity contribution >= 4 is 17.8 Å². The highest BCUT2D eigenvalue weighted by Crippen LogP contribution is 2.13. The number of benzene rings is 1. The van der Waals surface area contributed by atoms with Crippen LogP contribution >= 0.6 is 0 Å². The fourth-order valence-corrected chi connectivity index (χ4v) is 1.57. The molecule has 1 atom stereocenters. The molecule has 0 aliphatic heterocycles. The lowest BCUT2D eigenvalue weighted by Crippen LogP contribution is -2.47. The Hall–Kier alpha value is -2.41. The summed E-state index contributed by atoms with van der Waals surface area (Å²) in [6.45, 7) is 1.09. The van der Waals surface area contributed by atoms with Crippen LogP contribution in [0.3, 0.4) is 0 Å².